The van der Waals surface area contributed by atoms with E-state index in [4.69, 9.17) is 16.3 Å². The summed E-state index contributed by atoms with van der Waals surface area (Å²) in [7, 11) is 1.38. The van der Waals surface area contributed by atoms with Gasteiger partial charge in [0.25, 0.3) is 0 Å². The van der Waals surface area contributed by atoms with Gasteiger partial charge < -0.3 is 10.1 Å². The van der Waals surface area contributed by atoms with Crippen LogP contribution in [0.3, 0.4) is 0 Å². The van der Waals surface area contributed by atoms with Gasteiger partial charge in [0.15, 0.2) is 0 Å². The molecule has 1 heterocycles. The minimum atomic E-state index is -0.328. The normalized spacial score (nSPS) is 19.2. The highest BCUT2D eigenvalue weighted by atomic mass is 35.5. The summed E-state index contributed by atoms with van der Waals surface area (Å²) >= 11 is 6.22. The molecule has 0 bridgehead atoms. The van der Waals surface area contributed by atoms with Gasteiger partial charge in [0.1, 0.15) is 0 Å². The molecule has 0 aromatic heterocycles. The molecule has 0 amide bonds. The summed E-state index contributed by atoms with van der Waals surface area (Å²) < 4.78 is 4.74. The van der Waals surface area contributed by atoms with Crippen LogP contribution in [0.15, 0.2) is 18.2 Å². The van der Waals surface area contributed by atoms with Crippen LogP contribution in [0.4, 0.5) is 0 Å². The smallest absolute Gasteiger partial charge is 0.337 e. The van der Waals surface area contributed by atoms with E-state index in [0.717, 1.165) is 31.7 Å². The van der Waals surface area contributed by atoms with Crippen LogP contribution in [0.25, 0.3) is 0 Å². The Morgan fingerprint density at radius 2 is 2.30 bits per heavy atom. The van der Waals surface area contributed by atoms with Crippen LogP contribution < -0.4 is 5.32 Å². The van der Waals surface area contributed by atoms with E-state index in [-0.39, 0.29) is 18.4 Å². The highest BCUT2D eigenvalue weighted by Gasteiger charge is 2.19. The first kappa shape index (κ1) is 17.2. The van der Waals surface area contributed by atoms with Gasteiger partial charge in [0, 0.05) is 37.2 Å². The number of hydrogen-bond donors (Lipinski definition) is 1. The van der Waals surface area contributed by atoms with Crippen molar-refractivity contribution in [1.82, 2.24) is 10.2 Å². The van der Waals surface area contributed by atoms with E-state index in [2.05, 4.69) is 17.1 Å². The number of carbonyl (C=O) groups excluding carboxylic acids is 1. The second kappa shape index (κ2) is 7.84. The van der Waals surface area contributed by atoms with E-state index in [1.807, 2.05) is 6.07 Å². The van der Waals surface area contributed by atoms with Crippen molar-refractivity contribution in [3.05, 3.63) is 34.3 Å². The first-order chi connectivity index (χ1) is 9.11. The van der Waals surface area contributed by atoms with Gasteiger partial charge in [-0.15, -0.1) is 12.4 Å². The Morgan fingerprint density at radius 3 is 2.95 bits per heavy atom. The molecule has 0 saturated carbocycles. The first-order valence-corrected chi connectivity index (χ1v) is 6.81. The van der Waals surface area contributed by atoms with E-state index in [9.17, 15) is 4.79 Å². The largest absolute Gasteiger partial charge is 0.465 e. The third kappa shape index (κ3) is 4.09. The quantitative estimate of drug-likeness (QED) is 0.869. The van der Waals surface area contributed by atoms with Crippen LogP contribution in [0.5, 0.6) is 0 Å². The zero-order chi connectivity index (χ0) is 13.8. The maximum atomic E-state index is 11.5. The van der Waals surface area contributed by atoms with Gasteiger partial charge in [-0.05, 0) is 30.7 Å². The number of piperazine rings is 1. The molecule has 1 aromatic carbocycles. The molecule has 4 nitrogen and oxygen atoms in total. The molecule has 0 aliphatic carbocycles. The molecular formula is C14H20Cl2N2O2. The minimum Gasteiger partial charge on any atom is -0.465 e. The van der Waals surface area contributed by atoms with Crippen LogP contribution in [-0.4, -0.2) is 43.7 Å². The summed E-state index contributed by atoms with van der Waals surface area (Å²) in [6.07, 6.45) is 0. The lowest BCUT2D eigenvalue weighted by atomic mass is 10.1. The summed E-state index contributed by atoms with van der Waals surface area (Å²) in [6.45, 7) is 5.89. The third-order valence-electron chi connectivity index (χ3n) is 3.48. The average Bonchev–Trinajstić information content (AvgIpc) is 2.42. The van der Waals surface area contributed by atoms with E-state index >= 15 is 0 Å². The van der Waals surface area contributed by atoms with E-state index in [1.54, 1.807) is 12.1 Å². The highest BCUT2D eigenvalue weighted by molar-refractivity contribution is 6.31. The maximum absolute atomic E-state index is 11.5. The Hall–Kier alpha value is -0.810. The summed E-state index contributed by atoms with van der Waals surface area (Å²) in [5, 5.41) is 4.05. The number of ether oxygens (including phenoxy) is 1. The Morgan fingerprint density at radius 1 is 1.55 bits per heavy atom. The van der Waals surface area contributed by atoms with Crippen LogP contribution in [-0.2, 0) is 11.3 Å². The summed E-state index contributed by atoms with van der Waals surface area (Å²) in [5.41, 5.74) is 1.52. The fourth-order valence-corrected chi connectivity index (χ4v) is 2.45. The Bertz CT molecular complexity index is 468. The van der Waals surface area contributed by atoms with Crippen molar-refractivity contribution in [2.24, 2.45) is 0 Å². The molecule has 1 N–H and O–H groups in total. The fourth-order valence-electron chi connectivity index (χ4n) is 2.28. The Labute approximate surface area is 130 Å². The van der Waals surface area contributed by atoms with Gasteiger partial charge in [-0.1, -0.05) is 11.6 Å². The van der Waals surface area contributed by atoms with Crippen molar-refractivity contribution in [3.8, 4) is 0 Å². The number of nitrogens with zero attached hydrogens (tertiary/aromatic N) is 1. The predicted octanol–water partition coefficient (Wildman–Crippen LogP) is 2.34. The maximum Gasteiger partial charge on any atom is 0.337 e. The highest BCUT2D eigenvalue weighted by Crippen LogP contribution is 2.21. The van der Waals surface area contributed by atoms with Crippen molar-refractivity contribution in [1.29, 1.82) is 0 Å². The molecule has 112 valence electrons. The molecule has 1 atom stereocenters. The molecular weight excluding hydrogens is 299 g/mol. The number of hydrogen-bond acceptors (Lipinski definition) is 4. The van der Waals surface area contributed by atoms with E-state index in [0.29, 0.717) is 16.6 Å². The van der Waals surface area contributed by atoms with Gasteiger partial charge in [-0.3, -0.25) is 4.90 Å². The lowest BCUT2D eigenvalue weighted by Gasteiger charge is -2.34. The van der Waals surface area contributed by atoms with Crippen LogP contribution >= 0.6 is 24.0 Å². The third-order valence-corrected chi connectivity index (χ3v) is 3.85. The van der Waals surface area contributed by atoms with Crippen molar-refractivity contribution in [3.63, 3.8) is 0 Å². The number of carbonyl (C=O) groups is 1. The number of methoxy groups -OCH3 is 1. The molecule has 20 heavy (non-hydrogen) atoms. The molecule has 1 aromatic rings. The molecule has 1 saturated heterocycles. The number of halogens is 2. The van der Waals surface area contributed by atoms with Gasteiger partial charge in [0.2, 0.25) is 0 Å². The Kier molecular flexibility index (Phi) is 6.76. The Balaban J connectivity index is 0.00000200. The zero-order valence-electron chi connectivity index (χ0n) is 11.7. The number of nitrogens with one attached hydrogen (secondary N) is 1. The summed E-state index contributed by atoms with van der Waals surface area (Å²) in [4.78, 5) is 13.9. The molecule has 1 fully saturated rings. The molecule has 0 radical (unpaired) electrons. The fraction of sp³-hybridized carbons (Fsp3) is 0.500. The second-order valence-electron chi connectivity index (χ2n) is 4.82. The van der Waals surface area contributed by atoms with E-state index in [1.165, 1.54) is 7.11 Å². The van der Waals surface area contributed by atoms with Crippen molar-refractivity contribution in [2.45, 2.75) is 19.5 Å². The molecule has 1 aliphatic heterocycles. The monoisotopic (exact) mass is 318 g/mol. The van der Waals surface area contributed by atoms with Crippen molar-refractivity contribution >= 4 is 30.0 Å². The number of benzene rings is 1. The molecule has 0 spiro atoms. The van der Waals surface area contributed by atoms with Crippen molar-refractivity contribution < 1.29 is 9.53 Å². The second-order valence-corrected chi connectivity index (χ2v) is 5.23. The van der Waals surface area contributed by atoms with Gasteiger partial charge in [-0.2, -0.15) is 0 Å². The lowest BCUT2D eigenvalue weighted by Crippen LogP contribution is -2.49. The van der Waals surface area contributed by atoms with E-state index < -0.39 is 0 Å². The zero-order valence-corrected chi connectivity index (χ0v) is 13.3. The molecule has 1 aliphatic rings. The van der Waals surface area contributed by atoms with Crippen LogP contribution in [0.2, 0.25) is 5.02 Å². The lowest BCUT2D eigenvalue weighted by molar-refractivity contribution is 0.0600. The molecule has 2 rings (SSSR count). The minimum absolute atomic E-state index is 0. The summed E-state index contributed by atoms with van der Waals surface area (Å²) in [5.74, 6) is -0.328. The number of rotatable bonds is 3. The van der Waals surface area contributed by atoms with Gasteiger partial charge >= 0.3 is 5.97 Å². The molecule has 0 unspecified atom stereocenters. The first-order valence-electron chi connectivity index (χ1n) is 6.43. The standard InChI is InChI=1S/C14H19ClN2O2.ClH/c1-10-8-16-5-6-17(10)9-12-7-11(14(18)19-2)3-4-13(12)15;/h3-4,7,10,16H,5-6,8-9H2,1-2H3;1H/t10-;/m0./s1. The topological polar surface area (TPSA) is 41.6 Å². The predicted molar refractivity (Wildman–Crippen MR) is 82.8 cm³/mol. The molecule has 6 heteroatoms. The SMILES string of the molecule is COC(=O)c1ccc(Cl)c(CN2CCNC[C@@H]2C)c1.Cl. The van der Waals surface area contributed by atoms with Gasteiger partial charge in [0.05, 0.1) is 12.7 Å². The van der Waals surface area contributed by atoms with Crippen LogP contribution in [0, 0.1) is 0 Å². The van der Waals surface area contributed by atoms with Crippen LogP contribution in [0.1, 0.15) is 22.8 Å². The summed E-state index contributed by atoms with van der Waals surface area (Å²) in [6, 6.07) is 5.74. The average molecular weight is 319 g/mol. The van der Waals surface area contributed by atoms with Gasteiger partial charge in [-0.25, -0.2) is 4.79 Å². The van der Waals surface area contributed by atoms with Crippen molar-refractivity contribution in [2.75, 3.05) is 26.7 Å². The number of esters is 1.